The van der Waals surface area contributed by atoms with E-state index in [-0.39, 0.29) is 5.92 Å². The molecule has 5 heteroatoms. The Labute approximate surface area is 126 Å². The van der Waals surface area contributed by atoms with Crippen LogP contribution in [0.4, 0.5) is 0 Å². The number of rotatable bonds is 5. The van der Waals surface area contributed by atoms with Crippen LogP contribution in [0.5, 0.6) is 0 Å². The normalized spacial score (nSPS) is 26.5. The first-order chi connectivity index (χ1) is 9.04. The second kappa shape index (κ2) is 6.29. The molecule has 19 heavy (non-hydrogen) atoms. The van der Waals surface area contributed by atoms with E-state index in [0.29, 0.717) is 6.42 Å². The van der Waals surface area contributed by atoms with Crippen LogP contribution < -0.4 is 5.73 Å². The standard InChI is InChI=1S/C14H18BrNO2S/c15-11-5-1-2-6-12(11)19-9-7-10-4-3-8-14(10,16)13(17)18/h1-2,5-6,10H,3-4,7-9,16H2,(H,17,18). The Balaban J connectivity index is 1.89. The SMILES string of the molecule is NC1(C(=O)O)CCCC1CCSc1ccccc1Br. The Bertz CT molecular complexity index is 469. The fourth-order valence-corrected chi connectivity index (χ4v) is 4.29. The van der Waals surface area contributed by atoms with Gasteiger partial charge >= 0.3 is 5.97 Å². The van der Waals surface area contributed by atoms with E-state index in [1.165, 1.54) is 4.90 Å². The molecule has 2 atom stereocenters. The van der Waals surface area contributed by atoms with E-state index in [4.69, 9.17) is 5.73 Å². The minimum absolute atomic E-state index is 0.0972. The Morgan fingerprint density at radius 3 is 2.95 bits per heavy atom. The van der Waals surface area contributed by atoms with Crippen LogP contribution in [-0.4, -0.2) is 22.4 Å². The van der Waals surface area contributed by atoms with Gasteiger partial charge in [-0.15, -0.1) is 11.8 Å². The van der Waals surface area contributed by atoms with E-state index >= 15 is 0 Å². The smallest absolute Gasteiger partial charge is 0.323 e. The van der Waals surface area contributed by atoms with Gasteiger partial charge in [-0.25, -0.2) is 0 Å². The van der Waals surface area contributed by atoms with Crippen molar-refractivity contribution in [2.75, 3.05) is 5.75 Å². The van der Waals surface area contributed by atoms with E-state index in [2.05, 4.69) is 22.0 Å². The van der Waals surface area contributed by atoms with Gasteiger partial charge in [0, 0.05) is 9.37 Å². The highest BCUT2D eigenvalue weighted by atomic mass is 79.9. The van der Waals surface area contributed by atoms with Crippen LogP contribution in [0.2, 0.25) is 0 Å². The third-order valence-corrected chi connectivity index (χ3v) is 5.89. The summed E-state index contributed by atoms with van der Waals surface area (Å²) in [5, 5.41) is 9.26. The lowest BCUT2D eigenvalue weighted by atomic mass is 9.86. The molecule has 1 aromatic rings. The molecule has 3 N–H and O–H groups in total. The van der Waals surface area contributed by atoms with Gasteiger partial charge in [0.25, 0.3) is 0 Å². The molecular formula is C14H18BrNO2S. The minimum Gasteiger partial charge on any atom is -0.480 e. The molecule has 2 rings (SSSR count). The number of benzene rings is 1. The molecule has 0 spiro atoms. The van der Waals surface area contributed by atoms with Gasteiger partial charge in [0.15, 0.2) is 0 Å². The van der Waals surface area contributed by atoms with Crippen molar-refractivity contribution in [3.63, 3.8) is 0 Å². The lowest BCUT2D eigenvalue weighted by molar-refractivity contribution is -0.144. The molecule has 3 nitrogen and oxygen atoms in total. The van der Waals surface area contributed by atoms with Crippen LogP contribution in [0, 0.1) is 5.92 Å². The number of halogens is 1. The molecule has 0 amide bonds. The fourth-order valence-electron chi connectivity index (χ4n) is 2.66. The Morgan fingerprint density at radius 1 is 1.53 bits per heavy atom. The predicted octanol–water partition coefficient (Wildman–Crippen LogP) is 3.51. The fraction of sp³-hybridized carbons (Fsp3) is 0.500. The van der Waals surface area contributed by atoms with Gasteiger partial charge in [0.2, 0.25) is 0 Å². The van der Waals surface area contributed by atoms with Crippen LogP contribution >= 0.6 is 27.7 Å². The number of carboxylic acids is 1. The zero-order chi connectivity index (χ0) is 13.9. The molecule has 1 aromatic carbocycles. The minimum atomic E-state index is -1.01. The second-order valence-corrected chi connectivity index (χ2v) is 6.99. The number of carboxylic acid groups (broad SMARTS) is 1. The van der Waals surface area contributed by atoms with Crippen LogP contribution in [0.15, 0.2) is 33.6 Å². The van der Waals surface area contributed by atoms with Gasteiger partial charge in [-0.2, -0.15) is 0 Å². The summed E-state index contributed by atoms with van der Waals surface area (Å²) in [5.41, 5.74) is 5.03. The third kappa shape index (κ3) is 3.33. The van der Waals surface area contributed by atoms with E-state index < -0.39 is 11.5 Å². The van der Waals surface area contributed by atoms with Crippen molar-refractivity contribution in [3.05, 3.63) is 28.7 Å². The van der Waals surface area contributed by atoms with Gasteiger partial charge in [0.05, 0.1) is 0 Å². The van der Waals surface area contributed by atoms with Crippen molar-refractivity contribution >= 4 is 33.7 Å². The lowest BCUT2D eigenvalue weighted by Gasteiger charge is -2.26. The molecule has 0 aliphatic heterocycles. The summed E-state index contributed by atoms with van der Waals surface area (Å²) in [5.74, 6) is 0.153. The third-order valence-electron chi connectivity index (χ3n) is 3.83. The molecule has 1 saturated carbocycles. The van der Waals surface area contributed by atoms with E-state index in [9.17, 15) is 9.90 Å². The largest absolute Gasteiger partial charge is 0.480 e. The summed E-state index contributed by atoms with van der Waals surface area (Å²) in [4.78, 5) is 12.5. The van der Waals surface area contributed by atoms with Crippen molar-refractivity contribution in [2.24, 2.45) is 11.7 Å². The summed E-state index contributed by atoms with van der Waals surface area (Å²) >= 11 is 5.27. The van der Waals surface area contributed by atoms with Crippen LogP contribution in [-0.2, 0) is 4.79 Å². The topological polar surface area (TPSA) is 63.3 Å². The van der Waals surface area contributed by atoms with Crippen LogP contribution in [0.1, 0.15) is 25.7 Å². The number of carbonyl (C=O) groups is 1. The zero-order valence-electron chi connectivity index (χ0n) is 10.6. The number of thioether (sulfide) groups is 1. The van der Waals surface area contributed by atoms with Crippen LogP contribution in [0.25, 0.3) is 0 Å². The molecule has 0 aromatic heterocycles. The predicted molar refractivity (Wildman–Crippen MR) is 81.4 cm³/mol. The maximum Gasteiger partial charge on any atom is 0.323 e. The van der Waals surface area contributed by atoms with E-state index in [1.807, 2.05) is 18.2 Å². The lowest BCUT2D eigenvalue weighted by Crippen LogP contribution is -2.51. The number of aliphatic carboxylic acids is 1. The first kappa shape index (κ1) is 14.9. The molecule has 0 bridgehead atoms. The summed E-state index contributed by atoms with van der Waals surface area (Å²) in [6, 6.07) is 8.08. The van der Waals surface area contributed by atoms with Crippen molar-refractivity contribution in [1.82, 2.24) is 0 Å². The molecule has 104 valence electrons. The van der Waals surface area contributed by atoms with E-state index in [1.54, 1.807) is 11.8 Å². The maximum absolute atomic E-state index is 11.3. The average Bonchev–Trinajstić information content (AvgIpc) is 2.75. The number of hydrogen-bond acceptors (Lipinski definition) is 3. The van der Waals surface area contributed by atoms with Gasteiger partial charge < -0.3 is 10.8 Å². The first-order valence-electron chi connectivity index (χ1n) is 6.43. The molecule has 0 heterocycles. The summed E-state index contributed by atoms with van der Waals surface area (Å²) in [7, 11) is 0. The van der Waals surface area contributed by atoms with Crippen molar-refractivity contribution in [2.45, 2.75) is 36.1 Å². The molecule has 1 aliphatic rings. The Kier molecular flexibility index (Phi) is 4.92. The maximum atomic E-state index is 11.3. The van der Waals surface area contributed by atoms with Gasteiger partial charge in [-0.3, -0.25) is 4.79 Å². The van der Waals surface area contributed by atoms with Gasteiger partial charge in [-0.05, 0) is 59.0 Å². The monoisotopic (exact) mass is 343 g/mol. The number of nitrogens with two attached hydrogens (primary N) is 1. The molecular weight excluding hydrogens is 326 g/mol. The quantitative estimate of drug-likeness (QED) is 0.803. The van der Waals surface area contributed by atoms with Crippen LogP contribution in [0.3, 0.4) is 0 Å². The van der Waals surface area contributed by atoms with Crippen molar-refractivity contribution in [3.8, 4) is 0 Å². The summed E-state index contributed by atoms with van der Waals surface area (Å²) < 4.78 is 1.09. The Morgan fingerprint density at radius 2 is 2.26 bits per heavy atom. The molecule has 1 fully saturated rings. The highest BCUT2D eigenvalue weighted by Gasteiger charge is 2.45. The van der Waals surface area contributed by atoms with Crippen molar-refractivity contribution < 1.29 is 9.90 Å². The molecule has 2 unspecified atom stereocenters. The summed E-state index contributed by atoms with van der Waals surface area (Å²) in [6.45, 7) is 0. The van der Waals surface area contributed by atoms with Gasteiger partial charge in [-0.1, -0.05) is 18.6 Å². The van der Waals surface area contributed by atoms with Crippen molar-refractivity contribution in [1.29, 1.82) is 0 Å². The summed E-state index contributed by atoms with van der Waals surface area (Å²) in [6.07, 6.45) is 3.31. The van der Waals surface area contributed by atoms with Gasteiger partial charge in [0.1, 0.15) is 5.54 Å². The molecule has 0 saturated heterocycles. The second-order valence-electron chi connectivity index (χ2n) is 5.00. The number of hydrogen-bond donors (Lipinski definition) is 2. The highest BCUT2D eigenvalue weighted by Crippen LogP contribution is 2.38. The average molecular weight is 344 g/mol. The molecule has 1 aliphatic carbocycles. The molecule has 0 radical (unpaired) electrons. The highest BCUT2D eigenvalue weighted by molar-refractivity contribution is 9.10. The Hall–Kier alpha value is -0.520. The zero-order valence-corrected chi connectivity index (χ0v) is 13.0. The van der Waals surface area contributed by atoms with E-state index in [0.717, 1.165) is 29.5 Å². The first-order valence-corrected chi connectivity index (χ1v) is 8.21.